The zero-order valence-corrected chi connectivity index (χ0v) is 9.31. The maximum absolute atomic E-state index is 11.1. The third-order valence-electron chi connectivity index (χ3n) is 2.25. The fourth-order valence-electron chi connectivity index (χ4n) is 1.46. The lowest BCUT2D eigenvalue weighted by Crippen LogP contribution is -2.38. The highest BCUT2D eigenvalue weighted by Crippen LogP contribution is 2.17. The van der Waals surface area contributed by atoms with E-state index >= 15 is 0 Å². The van der Waals surface area contributed by atoms with Crippen LogP contribution in [0.2, 0.25) is 0 Å². The molecule has 0 saturated heterocycles. The van der Waals surface area contributed by atoms with Crippen LogP contribution in [0.3, 0.4) is 0 Å². The van der Waals surface area contributed by atoms with E-state index in [-0.39, 0.29) is 11.7 Å². The Morgan fingerprint density at radius 1 is 1.19 bits per heavy atom. The van der Waals surface area contributed by atoms with E-state index in [2.05, 4.69) is 5.32 Å². The Morgan fingerprint density at radius 2 is 1.75 bits per heavy atom. The summed E-state index contributed by atoms with van der Waals surface area (Å²) in [4.78, 5) is 22.2. The van der Waals surface area contributed by atoms with Crippen molar-refractivity contribution in [2.75, 3.05) is 0 Å². The second-order valence-electron chi connectivity index (χ2n) is 3.64. The van der Waals surface area contributed by atoms with Crippen molar-refractivity contribution in [3.8, 4) is 0 Å². The van der Waals surface area contributed by atoms with Gasteiger partial charge in [0.15, 0.2) is 5.78 Å². The minimum Gasteiger partial charge on any atom is -0.383 e. The molecule has 0 unspecified atom stereocenters. The van der Waals surface area contributed by atoms with Crippen LogP contribution in [0.4, 0.5) is 0 Å². The van der Waals surface area contributed by atoms with Gasteiger partial charge in [0.1, 0.15) is 6.10 Å². The highest BCUT2D eigenvalue weighted by Gasteiger charge is 2.25. The van der Waals surface area contributed by atoms with Gasteiger partial charge < -0.3 is 10.4 Å². The molecule has 0 radical (unpaired) electrons. The van der Waals surface area contributed by atoms with Crippen LogP contribution in [0.1, 0.15) is 25.5 Å². The molecule has 0 aromatic heterocycles. The van der Waals surface area contributed by atoms with Gasteiger partial charge in [0.2, 0.25) is 5.91 Å². The summed E-state index contributed by atoms with van der Waals surface area (Å²) in [5.74, 6) is -0.656. The molecule has 86 valence electrons. The quantitative estimate of drug-likeness (QED) is 0.790. The first-order valence-electron chi connectivity index (χ1n) is 5.03. The fraction of sp³-hybridized carbons (Fsp3) is 0.333. The van der Waals surface area contributed by atoms with Crippen molar-refractivity contribution in [2.24, 2.45) is 0 Å². The number of amides is 1. The third kappa shape index (κ3) is 3.17. The molecule has 0 spiro atoms. The summed E-state index contributed by atoms with van der Waals surface area (Å²) >= 11 is 0. The Morgan fingerprint density at radius 3 is 2.19 bits per heavy atom. The molecule has 0 bridgehead atoms. The number of rotatable bonds is 4. The molecule has 1 rings (SSSR count). The average molecular weight is 221 g/mol. The molecular formula is C12H15NO3. The molecule has 0 aliphatic rings. The van der Waals surface area contributed by atoms with E-state index in [1.807, 2.05) is 6.07 Å². The largest absolute Gasteiger partial charge is 0.383 e. The van der Waals surface area contributed by atoms with Crippen LogP contribution in [-0.4, -0.2) is 22.9 Å². The van der Waals surface area contributed by atoms with Crippen LogP contribution < -0.4 is 5.32 Å². The lowest BCUT2D eigenvalue weighted by molar-refractivity contribution is -0.128. The van der Waals surface area contributed by atoms with Crippen LogP contribution in [-0.2, 0) is 9.59 Å². The Kier molecular flexibility index (Phi) is 4.19. The molecule has 0 heterocycles. The molecule has 1 aromatic rings. The van der Waals surface area contributed by atoms with E-state index in [4.69, 9.17) is 0 Å². The molecule has 4 heteroatoms. The number of nitrogens with one attached hydrogen (secondary N) is 1. The molecule has 2 N–H and O–H groups in total. The molecule has 0 saturated carbocycles. The van der Waals surface area contributed by atoms with Gasteiger partial charge in [-0.1, -0.05) is 30.3 Å². The number of benzene rings is 1. The van der Waals surface area contributed by atoms with Crippen molar-refractivity contribution in [3.05, 3.63) is 35.9 Å². The number of carbonyl (C=O) groups is 2. The highest BCUT2D eigenvalue weighted by molar-refractivity contribution is 5.82. The molecule has 2 atom stereocenters. The summed E-state index contributed by atoms with van der Waals surface area (Å²) in [7, 11) is 0. The van der Waals surface area contributed by atoms with Crippen LogP contribution >= 0.6 is 0 Å². The van der Waals surface area contributed by atoms with Crippen LogP contribution in [0.25, 0.3) is 0 Å². The molecule has 4 nitrogen and oxygen atoms in total. The smallest absolute Gasteiger partial charge is 0.217 e. The summed E-state index contributed by atoms with van der Waals surface area (Å²) in [5, 5.41) is 12.3. The van der Waals surface area contributed by atoms with Crippen molar-refractivity contribution in [1.82, 2.24) is 5.32 Å². The maximum atomic E-state index is 11.1. The normalized spacial score (nSPS) is 13.9. The molecule has 16 heavy (non-hydrogen) atoms. The summed E-state index contributed by atoms with van der Waals surface area (Å²) in [6.07, 6.45) is -1.22. The van der Waals surface area contributed by atoms with Gasteiger partial charge in [-0.3, -0.25) is 9.59 Å². The summed E-state index contributed by atoms with van der Waals surface area (Å²) in [5.41, 5.74) is 0.709. The number of carbonyl (C=O) groups excluding carboxylic acids is 2. The van der Waals surface area contributed by atoms with Gasteiger partial charge in [-0.2, -0.15) is 0 Å². The fourth-order valence-corrected chi connectivity index (χ4v) is 1.46. The molecule has 0 fully saturated rings. The van der Waals surface area contributed by atoms with E-state index in [0.29, 0.717) is 5.56 Å². The highest BCUT2D eigenvalue weighted by atomic mass is 16.3. The van der Waals surface area contributed by atoms with E-state index < -0.39 is 12.1 Å². The lowest BCUT2D eigenvalue weighted by Gasteiger charge is -2.22. The Balaban J connectivity index is 2.96. The van der Waals surface area contributed by atoms with Gasteiger partial charge in [-0.25, -0.2) is 0 Å². The predicted octanol–water partition coefficient (Wildman–Crippen LogP) is 0.814. The minimum absolute atomic E-state index is 0.283. The molecule has 0 aliphatic heterocycles. The second-order valence-corrected chi connectivity index (χ2v) is 3.64. The van der Waals surface area contributed by atoms with Gasteiger partial charge in [-0.05, 0) is 12.5 Å². The SMILES string of the molecule is CC(=O)N[C@@H](c1ccccc1)[C@@H](O)C(C)=O. The van der Waals surface area contributed by atoms with Crippen molar-refractivity contribution < 1.29 is 14.7 Å². The third-order valence-corrected chi connectivity index (χ3v) is 2.25. The maximum Gasteiger partial charge on any atom is 0.217 e. The number of aliphatic hydroxyl groups is 1. The Labute approximate surface area is 94.3 Å². The van der Waals surface area contributed by atoms with E-state index in [1.54, 1.807) is 24.3 Å². The van der Waals surface area contributed by atoms with Crippen molar-refractivity contribution in [3.63, 3.8) is 0 Å². The van der Waals surface area contributed by atoms with Crippen molar-refractivity contribution >= 4 is 11.7 Å². The van der Waals surface area contributed by atoms with Gasteiger partial charge in [0.05, 0.1) is 6.04 Å². The van der Waals surface area contributed by atoms with Gasteiger partial charge in [0.25, 0.3) is 0 Å². The topological polar surface area (TPSA) is 66.4 Å². The number of aliphatic hydroxyl groups excluding tert-OH is 1. The predicted molar refractivity (Wildman–Crippen MR) is 59.7 cm³/mol. The van der Waals surface area contributed by atoms with Gasteiger partial charge in [0, 0.05) is 6.92 Å². The van der Waals surface area contributed by atoms with Gasteiger partial charge >= 0.3 is 0 Å². The van der Waals surface area contributed by atoms with E-state index in [0.717, 1.165) is 0 Å². The number of hydrogen-bond acceptors (Lipinski definition) is 3. The van der Waals surface area contributed by atoms with Crippen LogP contribution in [0.5, 0.6) is 0 Å². The first kappa shape index (κ1) is 12.4. The number of ketones is 1. The Hall–Kier alpha value is -1.68. The van der Waals surface area contributed by atoms with Crippen molar-refractivity contribution in [2.45, 2.75) is 26.0 Å². The standard InChI is InChI=1S/C12H15NO3/c1-8(14)12(16)11(13-9(2)15)10-6-4-3-5-7-10/h3-7,11-12,16H,1-2H3,(H,13,15)/t11-,12-/m0/s1. The first-order chi connectivity index (χ1) is 7.52. The van der Waals surface area contributed by atoms with E-state index in [1.165, 1.54) is 13.8 Å². The minimum atomic E-state index is -1.22. The van der Waals surface area contributed by atoms with Crippen molar-refractivity contribution in [1.29, 1.82) is 0 Å². The molecular weight excluding hydrogens is 206 g/mol. The zero-order chi connectivity index (χ0) is 12.1. The monoisotopic (exact) mass is 221 g/mol. The zero-order valence-electron chi connectivity index (χ0n) is 9.31. The lowest BCUT2D eigenvalue weighted by atomic mass is 9.99. The second kappa shape index (κ2) is 5.42. The summed E-state index contributed by atoms with van der Waals surface area (Å²) in [6.45, 7) is 2.64. The first-order valence-corrected chi connectivity index (χ1v) is 5.03. The number of Topliss-reactive ketones (excluding diaryl/α,β-unsaturated/α-hetero) is 1. The van der Waals surface area contributed by atoms with Crippen LogP contribution in [0, 0.1) is 0 Å². The summed E-state index contributed by atoms with van der Waals surface area (Å²) < 4.78 is 0. The summed E-state index contributed by atoms with van der Waals surface area (Å²) in [6, 6.07) is 8.23. The van der Waals surface area contributed by atoms with Gasteiger partial charge in [-0.15, -0.1) is 0 Å². The molecule has 0 aliphatic carbocycles. The molecule has 1 aromatic carbocycles. The number of hydrogen-bond donors (Lipinski definition) is 2. The average Bonchev–Trinajstić information content (AvgIpc) is 2.26. The molecule has 1 amide bonds. The van der Waals surface area contributed by atoms with Crippen LogP contribution in [0.15, 0.2) is 30.3 Å². The van der Waals surface area contributed by atoms with E-state index in [9.17, 15) is 14.7 Å². The Bertz CT molecular complexity index is 375.